The number of rotatable bonds is 1. The number of aryl methyl sites for hydroxylation is 1. The van der Waals surface area contributed by atoms with E-state index in [0.29, 0.717) is 0 Å². The van der Waals surface area contributed by atoms with Crippen molar-refractivity contribution in [2.75, 3.05) is 7.11 Å². The van der Waals surface area contributed by atoms with Crippen molar-refractivity contribution in [2.24, 2.45) is 0 Å². The molecule has 0 spiro atoms. The predicted molar refractivity (Wildman–Crippen MR) is 58.5 cm³/mol. The van der Waals surface area contributed by atoms with E-state index in [1.807, 2.05) is 19.1 Å². The second-order valence-electron chi connectivity index (χ2n) is 2.96. The molecule has 1 aromatic carbocycles. The highest BCUT2D eigenvalue weighted by molar-refractivity contribution is 9.10. The molecule has 0 unspecified atom stereocenters. The Morgan fingerprint density at radius 2 is 2.14 bits per heavy atom. The first-order valence-corrected chi connectivity index (χ1v) is 4.97. The highest BCUT2D eigenvalue weighted by Gasteiger charge is 2.03. The van der Waals surface area contributed by atoms with Gasteiger partial charge in [0.1, 0.15) is 11.6 Å². The minimum Gasteiger partial charge on any atom is -0.497 e. The van der Waals surface area contributed by atoms with Crippen molar-refractivity contribution >= 4 is 26.8 Å². The fraction of sp³-hybridized carbons (Fsp3) is 0.200. The molecule has 0 aliphatic rings. The van der Waals surface area contributed by atoms with E-state index in [9.17, 15) is 0 Å². The molecule has 0 fully saturated rings. The average molecular weight is 253 g/mol. The molecule has 72 valence electrons. The second-order valence-corrected chi connectivity index (χ2v) is 3.81. The molecule has 1 heterocycles. The van der Waals surface area contributed by atoms with Crippen LogP contribution in [0.15, 0.2) is 22.8 Å². The van der Waals surface area contributed by atoms with Crippen molar-refractivity contribution in [1.29, 1.82) is 0 Å². The Hall–Kier alpha value is -1.16. The lowest BCUT2D eigenvalue weighted by Gasteiger charge is -2.04. The van der Waals surface area contributed by atoms with Crippen LogP contribution in [-0.4, -0.2) is 17.1 Å². The summed E-state index contributed by atoms with van der Waals surface area (Å²) < 4.78 is 6.10. The SMILES string of the molecule is COc1cc(Br)c2cnc(C)nc2c1. The summed E-state index contributed by atoms with van der Waals surface area (Å²) in [5.74, 6) is 1.56. The van der Waals surface area contributed by atoms with E-state index in [4.69, 9.17) is 4.74 Å². The van der Waals surface area contributed by atoms with Gasteiger partial charge >= 0.3 is 0 Å². The first-order chi connectivity index (χ1) is 6.70. The van der Waals surface area contributed by atoms with Crippen molar-refractivity contribution in [3.05, 3.63) is 28.6 Å². The van der Waals surface area contributed by atoms with Crippen molar-refractivity contribution in [3.63, 3.8) is 0 Å². The number of hydrogen-bond donors (Lipinski definition) is 0. The van der Waals surface area contributed by atoms with Gasteiger partial charge in [-0.05, 0) is 28.9 Å². The molecule has 3 nitrogen and oxygen atoms in total. The van der Waals surface area contributed by atoms with Crippen molar-refractivity contribution in [2.45, 2.75) is 6.92 Å². The summed E-state index contributed by atoms with van der Waals surface area (Å²) in [6.45, 7) is 1.87. The summed E-state index contributed by atoms with van der Waals surface area (Å²) >= 11 is 3.45. The second kappa shape index (κ2) is 3.53. The molecular formula is C10H9BrN2O. The Morgan fingerprint density at radius 3 is 2.86 bits per heavy atom. The van der Waals surface area contributed by atoms with Gasteiger partial charge in [-0.2, -0.15) is 0 Å². The van der Waals surface area contributed by atoms with E-state index in [-0.39, 0.29) is 0 Å². The number of methoxy groups -OCH3 is 1. The molecule has 0 amide bonds. The molecule has 0 aliphatic heterocycles. The Kier molecular flexibility index (Phi) is 2.37. The molecule has 2 rings (SSSR count). The van der Waals surface area contributed by atoms with E-state index < -0.39 is 0 Å². The maximum absolute atomic E-state index is 5.15. The van der Waals surface area contributed by atoms with Gasteiger partial charge in [-0.25, -0.2) is 9.97 Å². The molecule has 0 saturated carbocycles. The molecule has 0 N–H and O–H groups in total. The Balaban J connectivity index is 2.77. The third-order valence-corrected chi connectivity index (χ3v) is 2.64. The lowest BCUT2D eigenvalue weighted by molar-refractivity contribution is 0.415. The number of hydrogen-bond acceptors (Lipinski definition) is 3. The average Bonchev–Trinajstić information content (AvgIpc) is 2.16. The molecule has 0 bridgehead atoms. The fourth-order valence-electron chi connectivity index (χ4n) is 1.28. The third-order valence-electron chi connectivity index (χ3n) is 1.98. The van der Waals surface area contributed by atoms with Gasteiger partial charge < -0.3 is 4.74 Å². The Bertz CT molecular complexity index is 485. The van der Waals surface area contributed by atoms with Crippen LogP contribution in [0, 0.1) is 6.92 Å². The minimum atomic E-state index is 0.762. The van der Waals surface area contributed by atoms with Gasteiger partial charge in [0.15, 0.2) is 0 Å². The normalized spacial score (nSPS) is 10.5. The summed E-state index contributed by atoms with van der Waals surface area (Å²) in [6, 6.07) is 3.80. The number of benzene rings is 1. The minimum absolute atomic E-state index is 0.762. The van der Waals surface area contributed by atoms with E-state index in [0.717, 1.165) is 26.9 Å². The smallest absolute Gasteiger partial charge is 0.125 e. The first-order valence-electron chi connectivity index (χ1n) is 4.17. The monoisotopic (exact) mass is 252 g/mol. The molecule has 0 radical (unpaired) electrons. The molecular weight excluding hydrogens is 244 g/mol. The first kappa shape index (κ1) is 9.40. The molecule has 1 aromatic heterocycles. The maximum Gasteiger partial charge on any atom is 0.125 e. The summed E-state index contributed by atoms with van der Waals surface area (Å²) in [6.07, 6.45) is 1.81. The van der Waals surface area contributed by atoms with Gasteiger partial charge in [-0.15, -0.1) is 0 Å². The van der Waals surface area contributed by atoms with Gasteiger partial charge in [0.05, 0.1) is 12.6 Å². The lowest BCUT2D eigenvalue weighted by atomic mass is 10.2. The lowest BCUT2D eigenvalue weighted by Crippen LogP contribution is -1.90. The van der Waals surface area contributed by atoms with Gasteiger partial charge in [0, 0.05) is 22.1 Å². The van der Waals surface area contributed by atoms with E-state index in [1.165, 1.54) is 0 Å². The van der Waals surface area contributed by atoms with Gasteiger partial charge in [0.25, 0.3) is 0 Å². The molecule has 0 saturated heterocycles. The van der Waals surface area contributed by atoms with Gasteiger partial charge in [-0.1, -0.05) is 0 Å². The largest absolute Gasteiger partial charge is 0.497 e. The van der Waals surface area contributed by atoms with Crippen LogP contribution in [0.25, 0.3) is 10.9 Å². The quantitative estimate of drug-likeness (QED) is 0.783. The zero-order valence-corrected chi connectivity index (χ0v) is 9.50. The summed E-state index contributed by atoms with van der Waals surface area (Å²) in [5.41, 5.74) is 0.892. The standard InChI is InChI=1S/C10H9BrN2O/c1-6-12-5-8-9(11)3-7(14-2)4-10(8)13-6/h3-5H,1-2H3. The van der Waals surface area contributed by atoms with Crippen LogP contribution in [0.3, 0.4) is 0 Å². The topological polar surface area (TPSA) is 35.0 Å². The fourth-order valence-corrected chi connectivity index (χ4v) is 1.81. The van der Waals surface area contributed by atoms with E-state index in [1.54, 1.807) is 13.3 Å². The third kappa shape index (κ3) is 1.57. The van der Waals surface area contributed by atoms with Crippen LogP contribution in [0.1, 0.15) is 5.82 Å². The van der Waals surface area contributed by atoms with Gasteiger partial charge in [0.2, 0.25) is 0 Å². The number of halogens is 1. The van der Waals surface area contributed by atoms with E-state index in [2.05, 4.69) is 25.9 Å². The van der Waals surface area contributed by atoms with E-state index >= 15 is 0 Å². The predicted octanol–water partition coefficient (Wildman–Crippen LogP) is 2.71. The zero-order chi connectivity index (χ0) is 10.1. The van der Waals surface area contributed by atoms with Crippen molar-refractivity contribution in [1.82, 2.24) is 9.97 Å². The van der Waals surface area contributed by atoms with Crippen LogP contribution >= 0.6 is 15.9 Å². The zero-order valence-electron chi connectivity index (χ0n) is 7.91. The Morgan fingerprint density at radius 1 is 1.36 bits per heavy atom. The molecule has 0 aliphatic carbocycles. The molecule has 0 atom stereocenters. The highest BCUT2D eigenvalue weighted by atomic mass is 79.9. The number of nitrogens with zero attached hydrogens (tertiary/aromatic N) is 2. The summed E-state index contributed by atoms with van der Waals surface area (Å²) in [4.78, 5) is 8.47. The highest BCUT2D eigenvalue weighted by Crippen LogP contribution is 2.27. The van der Waals surface area contributed by atoms with Crippen LogP contribution in [0.2, 0.25) is 0 Å². The van der Waals surface area contributed by atoms with Crippen LogP contribution in [0.5, 0.6) is 5.75 Å². The van der Waals surface area contributed by atoms with Crippen LogP contribution in [0.4, 0.5) is 0 Å². The molecule has 4 heteroatoms. The van der Waals surface area contributed by atoms with Crippen LogP contribution in [-0.2, 0) is 0 Å². The Labute approximate surface area is 90.3 Å². The molecule has 14 heavy (non-hydrogen) atoms. The van der Waals surface area contributed by atoms with Gasteiger partial charge in [-0.3, -0.25) is 0 Å². The maximum atomic E-state index is 5.15. The molecule has 2 aromatic rings. The number of aromatic nitrogens is 2. The van der Waals surface area contributed by atoms with Crippen molar-refractivity contribution in [3.8, 4) is 5.75 Å². The van der Waals surface area contributed by atoms with Crippen LogP contribution < -0.4 is 4.74 Å². The number of ether oxygens (including phenoxy) is 1. The van der Waals surface area contributed by atoms with Crippen molar-refractivity contribution < 1.29 is 4.74 Å². The number of fused-ring (bicyclic) bond motifs is 1. The summed E-state index contributed by atoms with van der Waals surface area (Å²) in [7, 11) is 1.64. The summed E-state index contributed by atoms with van der Waals surface area (Å²) in [5, 5.41) is 0.997.